The van der Waals surface area contributed by atoms with E-state index in [4.69, 9.17) is 16.3 Å². The number of carbonyl (C=O) groups excluding carboxylic acids is 3. The molecule has 2 aromatic carbocycles. The summed E-state index contributed by atoms with van der Waals surface area (Å²) in [5.41, 5.74) is 1.66. The van der Waals surface area contributed by atoms with E-state index in [2.05, 4.69) is 10.6 Å². The smallest absolute Gasteiger partial charge is 0.331 e. The van der Waals surface area contributed by atoms with Crippen molar-refractivity contribution in [1.82, 2.24) is 10.6 Å². The monoisotopic (exact) mass is 372 g/mol. The second-order valence-corrected chi connectivity index (χ2v) is 5.65. The van der Waals surface area contributed by atoms with E-state index in [1.165, 1.54) is 12.2 Å². The zero-order valence-electron chi connectivity index (χ0n) is 13.8. The van der Waals surface area contributed by atoms with Gasteiger partial charge in [0, 0.05) is 17.6 Å². The van der Waals surface area contributed by atoms with Gasteiger partial charge in [-0.15, -0.1) is 0 Å². The third kappa shape index (κ3) is 7.19. The van der Waals surface area contributed by atoms with E-state index in [0.717, 1.165) is 11.1 Å². The number of halogens is 1. The van der Waals surface area contributed by atoms with E-state index in [1.54, 1.807) is 24.3 Å². The van der Waals surface area contributed by atoms with Crippen molar-refractivity contribution in [3.05, 3.63) is 76.8 Å². The summed E-state index contributed by atoms with van der Waals surface area (Å²) >= 11 is 5.76. The zero-order valence-corrected chi connectivity index (χ0v) is 14.5. The Hall–Kier alpha value is -3.12. The quantitative estimate of drug-likeness (QED) is 0.603. The molecule has 0 aliphatic rings. The maximum atomic E-state index is 11.6. The van der Waals surface area contributed by atoms with Crippen molar-refractivity contribution in [2.45, 2.75) is 6.54 Å². The van der Waals surface area contributed by atoms with Crippen LogP contribution in [0.2, 0.25) is 5.02 Å². The third-order valence-corrected chi connectivity index (χ3v) is 3.43. The maximum absolute atomic E-state index is 11.6. The van der Waals surface area contributed by atoms with Gasteiger partial charge < -0.3 is 10.1 Å². The number of nitrogens with one attached hydrogen (secondary N) is 2. The number of benzene rings is 2. The molecule has 2 aromatic rings. The van der Waals surface area contributed by atoms with Crippen molar-refractivity contribution in [3.8, 4) is 0 Å². The number of amides is 3. The van der Waals surface area contributed by atoms with Gasteiger partial charge in [0.15, 0.2) is 6.61 Å². The van der Waals surface area contributed by atoms with Gasteiger partial charge in [0.2, 0.25) is 0 Å². The fraction of sp³-hybridized carbons (Fsp3) is 0.105. The van der Waals surface area contributed by atoms with Gasteiger partial charge in [0.05, 0.1) is 0 Å². The van der Waals surface area contributed by atoms with Gasteiger partial charge in [0.1, 0.15) is 0 Å². The fourth-order valence-electron chi connectivity index (χ4n) is 1.91. The predicted octanol–water partition coefficient (Wildman–Crippen LogP) is 2.92. The highest BCUT2D eigenvalue weighted by atomic mass is 35.5. The average Bonchev–Trinajstić information content (AvgIpc) is 2.65. The molecule has 26 heavy (non-hydrogen) atoms. The summed E-state index contributed by atoms with van der Waals surface area (Å²) in [4.78, 5) is 34.8. The molecule has 0 heterocycles. The van der Waals surface area contributed by atoms with Crippen LogP contribution in [0.5, 0.6) is 0 Å². The highest BCUT2D eigenvalue weighted by Gasteiger charge is 2.09. The van der Waals surface area contributed by atoms with Crippen molar-refractivity contribution >= 4 is 35.6 Å². The molecule has 0 aromatic heterocycles. The molecule has 2 N–H and O–H groups in total. The molecule has 0 unspecified atom stereocenters. The van der Waals surface area contributed by atoms with E-state index in [9.17, 15) is 14.4 Å². The molecule has 0 atom stereocenters. The number of rotatable bonds is 6. The number of hydrogen-bond acceptors (Lipinski definition) is 4. The Balaban J connectivity index is 1.68. The van der Waals surface area contributed by atoms with Gasteiger partial charge in [0.25, 0.3) is 5.91 Å². The van der Waals surface area contributed by atoms with E-state index < -0.39 is 24.5 Å². The first kappa shape index (κ1) is 19.2. The van der Waals surface area contributed by atoms with Crippen molar-refractivity contribution in [1.29, 1.82) is 0 Å². The van der Waals surface area contributed by atoms with Crippen LogP contribution in [0.15, 0.2) is 60.7 Å². The van der Waals surface area contributed by atoms with Crippen LogP contribution in [0.25, 0.3) is 6.08 Å². The average molecular weight is 373 g/mol. The van der Waals surface area contributed by atoms with Gasteiger partial charge in [-0.25, -0.2) is 9.59 Å². The first-order valence-corrected chi connectivity index (χ1v) is 8.13. The van der Waals surface area contributed by atoms with Crippen LogP contribution < -0.4 is 10.6 Å². The van der Waals surface area contributed by atoms with Crippen LogP contribution in [0, 0.1) is 0 Å². The second kappa shape index (κ2) is 10.0. The van der Waals surface area contributed by atoms with Crippen molar-refractivity contribution < 1.29 is 19.1 Å². The SMILES string of the molecule is O=C(COC(=O)/C=C/c1ccc(Cl)cc1)NC(=O)NCc1ccccc1. The molecule has 0 aliphatic carbocycles. The fourth-order valence-corrected chi connectivity index (χ4v) is 2.03. The highest BCUT2D eigenvalue weighted by molar-refractivity contribution is 6.30. The lowest BCUT2D eigenvalue weighted by molar-refractivity contribution is -0.143. The van der Waals surface area contributed by atoms with Crippen molar-refractivity contribution in [2.75, 3.05) is 6.61 Å². The summed E-state index contributed by atoms with van der Waals surface area (Å²) in [5, 5.41) is 5.20. The minimum Gasteiger partial charge on any atom is -0.452 e. The summed E-state index contributed by atoms with van der Waals surface area (Å²) in [5.74, 6) is -1.41. The Kier molecular flexibility index (Phi) is 7.39. The van der Waals surface area contributed by atoms with Crippen LogP contribution in [0.4, 0.5) is 4.79 Å². The maximum Gasteiger partial charge on any atom is 0.331 e. The van der Waals surface area contributed by atoms with Crippen LogP contribution in [0.1, 0.15) is 11.1 Å². The van der Waals surface area contributed by atoms with Crippen molar-refractivity contribution in [3.63, 3.8) is 0 Å². The molecule has 0 spiro atoms. The Morgan fingerprint density at radius 2 is 1.69 bits per heavy atom. The molecule has 0 aliphatic heterocycles. The lowest BCUT2D eigenvalue weighted by Crippen LogP contribution is -2.41. The normalized spacial score (nSPS) is 10.3. The molecule has 0 fully saturated rings. The number of ether oxygens (including phenoxy) is 1. The Morgan fingerprint density at radius 3 is 2.38 bits per heavy atom. The first-order valence-electron chi connectivity index (χ1n) is 7.75. The number of esters is 1. The molecule has 0 radical (unpaired) electrons. The summed E-state index contributed by atoms with van der Waals surface area (Å²) in [6.07, 6.45) is 2.72. The Bertz CT molecular complexity index is 789. The Morgan fingerprint density at radius 1 is 1.00 bits per heavy atom. The van der Waals surface area contributed by atoms with Gasteiger partial charge >= 0.3 is 12.0 Å². The summed E-state index contributed by atoms with van der Waals surface area (Å²) < 4.78 is 4.77. The standard InChI is InChI=1S/C19H17ClN2O4/c20-16-9-6-14(7-10-16)8-11-18(24)26-13-17(23)22-19(25)21-12-15-4-2-1-3-5-15/h1-11H,12-13H2,(H2,21,22,23,25)/b11-8+. The Labute approximate surface area is 155 Å². The van der Waals surface area contributed by atoms with Gasteiger partial charge in [-0.3, -0.25) is 10.1 Å². The summed E-state index contributed by atoms with van der Waals surface area (Å²) in [7, 11) is 0. The minimum absolute atomic E-state index is 0.281. The highest BCUT2D eigenvalue weighted by Crippen LogP contribution is 2.10. The number of hydrogen-bond donors (Lipinski definition) is 2. The molecule has 0 saturated heterocycles. The number of urea groups is 1. The second-order valence-electron chi connectivity index (χ2n) is 5.21. The molecule has 7 heteroatoms. The number of imide groups is 1. The predicted molar refractivity (Wildman–Crippen MR) is 98.3 cm³/mol. The lowest BCUT2D eigenvalue weighted by Gasteiger charge is -2.06. The summed E-state index contributed by atoms with van der Waals surface area (Å²) in [6.45, 7) is -0.272. The molecular formula is C19H17ClN2O4. The van der Waals surface area contributed by atoms with Crippen LogP contribution >= 0.6 is 11.6 Å². The molecule has 0 bridgehead atoms. The van der Waals surface area contributed by atoms with Crippen LogP contribution in [0.3, 0.4) is 0 Å². The molecule has 134 valence electrons. The van der Waals surface area contributed by atoms with Crippen molar-refractivity contribution in [2.24, 2.45) is 0 Å². The van der Waals surface area contributed by atoms with Gasteiger partial charge in [-0.2, -0.15) is 0 Å². The topological polar surface area (TPSA) is 84.5 Å². The number of carbonyl (C=O) groups is 3. The van der Waals surface area contributed by atoms with E-state index >= 15 is 0 Å². The van der Waals surface area contributed by atoms with Crippen LogP contribution in [-0.4, -0.2) is 24.5 Å². The van der Waals surface area contributed by atoms with E-state index in [-0.39, 0.29) is 6.54 Å². The van der Waals surface area contributed by atoms with E-state index in [0.29, 0.717) is 5.02 Å². The lowest BCUT2D eigenvalue weighted by atomic mass is 10.2. The van der Waals surface area contributed by atoms with Gasteiger partial charge in [-0.05, 0) is 29.3 Å². The molecule has 2 rings (SSSR count). The molecule has 0 saturated carbocycles. The van der Waals surface area contributed by atoms with Gasteiger partial charge in [-0.1, -0.05) is 54.1 Å². The first-order chi connectivity index (χ1) is 12.5. The molecule has 6 nitrogen and oxygen atoms in total. The van der Waals surface area contributed by atoms with Crippen LogP contribution in [-0.2, 0) is 20.9 Å². The van der Waals surface area contributed by atoms with E-state index in [1.807, 2.05) is 30.3 Å². The third-order valence-electron chi connectivity index (χ3n) is 3.18. The molecular weight excluding hydrogens is 356 g/mol. The summed E-state index contributed by atoms with van der Waals surface area (Å²) in [6, 6.07) is 15.4. The largest absolute Gasteiger partial charge is 0.452 e. The zero-order chi connectivity index (χ0) is 18.8. The molecule has 3 amide bonds. The minimum atomic E-state index is -0.719.